The van der Waals surface area contributed by atoms with Crippen molar-refractivity contribution < 1.29 is 8.83 Å². The van der Waals surface area contributed by atoms with Gasteiger partial charge >= 0.3 is 0 Å². The maximum atomic E-state index is 6.27. The summed E-state index contributed by atoms with van der Waals surface area (Å²) in [7, 11) is 0. The molecule has 0 amide bonds. The third-order valence-electron chi connectivity index (χ3n) is 10.2. The van der Waals surface area contributed by atoms with Gasteiger partial charge < -0.3 is 14.2 Å². The van der Waals surface area contributed by atoms with Crippen molar-refractivity contribution in [2.75, 3.05) is 0 Å². The number of rotatable bonds is 4. The highest BCUT2D eigenvalue weighted by Crippen LogP contribution is 2.39. The van der Waals surface area contributed by atoms with Gasteiger partial charge in [-0.05, 0) is 74.6 Å². The summed E-state index contributed by atoms with van der Waals surface area (Å²) in [6.07, 6.45) is 3.24. The molecule has 0 bridgehead atoms. The number of hydrogen-bond donors (Lipinski definition) is 1. The zero-order valence-electron chi connectivity index (χ0n) is 27.7. The molecule has 10 aromatic rings. The standard InChI is InChI=1S/C46H28N4O2/c1-2-9-28-24-30(19-18-27(28)8-1)44-48-45(50-46(49-44)37-14-7-17-40-43(37)35-11-3-4-15-38(35)51-40)31-20-21-32-29(25-31)10-5-12-33(32)34-13-6-16-39-42(34)36-22-23-47-26-41(36)52-39/h1-26,44H,(H,48,49,50). The Labute approximate surface area is 297 Å². The molecule has 11 rings (SSSR count). The number of nitrogens with zero attached hydrogens (tertiary/aromatic N) is 3. The second kappa shape index (κ2) is 11.2. The largest absolute Gasteiger partial charge is 0.456 e. The van der Waals surface area contributed by atoms with Crippen LogP contribution in [-0.4, -0.2) is 16.7 Å². The molecule has 0 spiro atoms. The van der Waals surface area contributed by atoms with Crippen LogP contribution in [0.15, 0.2) is 177 Å². The molecule has 0 aliphatic carbocycles. The normalized spacial score (nSPS) is 14.7. The smallest absolute Gasteiger partial charge is 0.160 e. The van der Waals surface area contributed by atoms with E-state index in [1.165, 1.54) is 10.8 Å². The van der Waals surface area contributed by atoms with E-state index in [9.17, 15) is 0 Å². The SMILES string of the molecule is c1ccc2cc(C3N=C(c4cccc5oc6ccccc6c45)N=C(c4ccc5c(-c6cccc7oc8cnccc8c67)cccc5c4)N3)ccc2c1. The van der Waals surface area contributed by atoms with Gasteiger partial charge in [-0.3, -0.25) is 4.98 Å². The number of hydrogen-bond acceptors (Lipinski definition) is 6. The molecule has 7 aromatic carbocycles. The quantitative estimate of drug-likeness (QED) is 0.202. The summed E-state index contributed by atoms with van der Waals surface area (Å²) >= 11 is 0. The van der Waals surface area contributed by atoms with Gasteiger partial charge in [0, 0.05) is 38.9 Å². The van der Waals surface area contributed by atoms with Gasteiger partial charge in [-0.15, -0.1) is 0 Å². The van der Waals surface area contributed by atoms with Crippen molar-refractivity contribution in [2.24, 2.45) is 9.98 Å². The number of benzene rings is 7. The van der Waals surface area contributed by atoms with Crippen LogP contribution in [0.3, 0.4) is 0 Å². The minimum atomic E-state index is -0.357. The summed E-state index contributed by atoms with van der Waals surface area (Å²) in [4.78, 5) is 14.8. The number of nitrogens with one attached hydrogen (secondary N) is 1. The Hall–Kier alpha value is -7.05. The van der Waals surface area contributed by atoms with Crippen LogP contribution in [0, 0.1) is 0 Å². The minimum Gasteiger partial charge on any atom is -0.456 e. The molecule has 244 valence electrons. The lowest BCUT2D eigenvalue weighted by molar-refractivity contribution is 0.667. The second-order valence-corrected chi connectivity index (χ2v) is 13.2. The first-order valence-electron chi connectivity index (χ1n) is 17.4. The molecule has 1 N–H and O–H groups in total. The van der Waals surface area contributed by atoms with E-state index >= 15 is 0 Å². The van der Waals surface area contributed by atoms with Gasteiger partial charge in [0.25, 0.3) is 0 Å². The van der Waals surface area contributed by atoms with Gasteiger partial charge in [0.1, 0.15) is 28.8 Å². The van der Waals surface area contributed by atoms with Gasteiger partial charge in [-0.2, -0.15) is 0 Å². The lowest BCUT2D eigenvalue weighted by Crippen LogP contribution is -2.33. The molecule has 0 radical (unpaired) electrons. The van der Waals surface area contributed by atoms with Crippen LogP contribution in [0.1, 0.15) is 22.9 Å². The van der Waals surface area contributed by atoms with Crippen LogP contribution >= 0.6 is 0 Å². The minimum absolute atomic E-state index is 0.357. The van der Waals surface area contributed by atoms with Gasteiger partial charge in [0.15, 0.2) is 11.4 Å². The van der Waals surface area contributed by atoms with Crippen LogP contribution < -0.4 is 5.32 Å². The number of pyridine rings is 1. The Morgan fingerprint density at radius 3 is 2.13 bits per heavy atom. The van der Waals surface area contributed by atoms with Gasteiger partial charge in [0.2, 0.25) is 0 Å². The molecule has 1 aliphatic heterocycles. The van der Waals surface area contributed by atoms with E-state index in [1.807, 2.05) is 48.7 Å². The van der Waals surface area contributed by atoms with Gasteiger partial charge in [-0.1, -0.05) is 109 Å². The fourth-order valence-electron chi connectivity index (χ4n) is 7.80. The summed E-state index contributed by atoms with van der Waals surface area (Å²) < 4.78 is 12.5. The zero-order valence-corrected chi connectivity index (χ0v) is 27.7. The average Bonchev–Trinajstić information content (AvgIpc) is 3.79. The molecule has 52 heavy (non-hydrogen) atoms. The lowest BCUT2D eigenvalue weighted by atomic mass is 9.94. The van der Waals surface area contributed by atoms with Crippen molar-refractivity contribution in [2.45, 2.75) is 6.17 Å². The van der Waals surface area contributed by atoms with E-state index in [4.69, 9.17) is 18.8 Å². The van der Waals surface area contributed by atoms with E-state index in [0.29, 0.717) is 5.84 Å². The molecule has 1 unspecified atom stereocenters. The van der Waals surface area contributed by atoms with Crippen LogP contribution in [0.2, 0.25) is 0 Å². The average molecular weight is 669 g/mol. The second-order valence-electron chi connectivity index (χ2n) is 13.2. The predicted octanol–water partition coefficient (Wildman–Crippen LogP) is 11.3. The molecule has 0 saturated heterocycles. The first-order valence-corrected chi connectivity index (χ1v) is 17.4. The van der Waals surface area contributed by atoms with E-state index in [0.717, 1.165) is 88.3 Å². The third-order valence-corrected chi connectivity index (χ3v) is 10.2. The molecular weight excluding hydrogens is 641 g/mol. The molecular formula is C46H28N4O2. The molecule has 1 aliphatic rings. The first kappa shape index (κ1) is 28.8. The number of aromatic nitrogens is 1. The topological polar surface area (TPSA) is 75.9 Å². The Kier molecular flexibility index (Phi) is 6.21. The molecule has 4 heterocycles. The number of furan rings is 2. The number of fused-ring (bicyclic) bond motifs is 8. The van der Waals surface area contributed by atoms with E-state index in [1.54, 1.807) is 6.20 Å². The lowest BCUT2D eigenvalue weighted by Gasteiger charge is -2.24. The highest BCUT2D eigenvalue weighted by molar-refractivity contribution is 6.22. The zero-order chi connectivity index (χ0) is 34.2. The predicted molar refractivity (Wildman–Crippen MR) is 211 cm³/mol. The van der Waals surface area contributed by atoms with Crippen LogP contribution in [0.4, 0.5) is 0 Å². The van der Waals surface area contributed by atoms with E-state index < -0.39 is 0 Å². The van der Waals surface area contributed by atoms with Gasteiger partial charge in [-0.25, -0.2) is 9.98 Å². The first-order chi connectivity index (χ1) is 25.7. The summed E-state index contributed by atoms with van der Waals surface area (Å²) in [5.41, 5.74) is 8.53. The molecule has 6 nitrogen and oxygen atoms in total. The number of para-hydroxylation sites is 1. The Bertz CT molecular complexity index is 3130. The highest BCUT2D eigenvalue weighted by atomic mass is 16.3. The third kappa shape index (κ3) is 4.48. The van der Waals surface area contributed by atoms with Gasteiger partial charge in [0.05, 0.1) is 6.20 Å². The van der Waals surface area contributed by atoms with Crippen molar-refractivity contribution >= 4 is 77.1 Å². The summed E-state index contributed by atoms with van der Waals surface area (Å²) in [5.74, 6) is 1.42. The van der Waals surface area contributed by atoms with E-state index in [-0.39, 0.29) is 6.17 Å². The fraction of sp³-hybridized carbons (Fsp3) is 0.0217. The van der Waals surface area contributed by atoms with Crippen molar-refractivity contribution in [1.29, 1.82) is 0 Å². The summed E-state index contributed by atoms with van der Waals surface area (Å²) in [5, 5.41) is 12.5. The number of aliphatic imine (C=N–C) groups is 2. The Morgan fingerprint density at radius 2 is 1.21 bits per heavy atom. The Morgan fingerprint density at radius 1 is 0.500 bits per heavy atom. The molecule has 0 saturated carbocycles. The summed E-state index contributed by atoms with van der Waals surface area (Å²) in [6.45, 7) is 0. The Balaban J connectivity index is 1.08. The highest BCUT2D eigenvalue weighted by Gasteiger charge is 2.24. The van der Waals surface area contributed by atoms with Crippen LogP contribution in [-0.2, 0) is 0 Å². The molecule has 0 fully saturated rings. The fourth-order valence-corrected chi connectivity index (χ4v) is 7.80. The van der Waals surface area contributed by atoms with Crippen LogP contribution in [0.25, 0.3) is 76.5 Å². The monoisotopic (exact) mass is 668 g/mol. The van der Waals surface area contributed by atoms with E-state index in [2.05, 4.69) is 113 Å². The van der Waals surface area contributed by atoms with Crippen molar-refractivity contribution in [3.63, 3.8) is 0 Å². The van der Waals surface area contributed by atoms with Crippen molar-refractivity contribution in [3.05, 3.63) is 175 Å². The maximum Gasteiger partial charge on any atom is 0.160 e. The summed E-state index contributed by atoms with van der Waals surface area (Å²) in [6, 6.07) is 50.5. The molecule has 1 atom stereocenters. The van der Waals surface area contributed by atoms with Crippen LogP contribution in [0.5, 0.6) is 0 Å². The van der Waals surface area contributed by atoms with Crippen molar-refractivity contribution in [1.82, 2.24) is 10.3 Å². The number of amidine groups is 2. The maximum absolute atomic E-state index is 6.27. The van der Waals surface area contributed by atoms with Crippen molar-refractivity contribution in [3.8, 4) is 11.1 Å². The molecule has 3 aromatic heterocycles. The molecule has 6 heteroatoms.